The first-order valence-electron chi connectivity index (χ1n) is 14.6. The Balaban J connectivity index is 1.40. The van der Waals surface area contributed by atoms with Crippen LogP contribution in [0.5, 0.6) is 0 Å². The summed E-state index contributed by atoms with van der Waals surface area (Å²) in [5.74, 6) is 0.324. The van der Waals surface area contributed by atoms with Gasteiger partial charge in [-0.25, -0.2) is 19.0 Å². The van der Waals surface area contributed by atoms with E-state index in [1.165, 1.54) is 30.0 Å². The molecule has 0 spiro atoms. The second kappa shape index (κ2) is 10.5. The lowest BCUT2D eigenvalue weighted by molar-refractivity contribution is 0.631. The smallest absolute Gasteiger partial charge is 0.225 e. The van der Waals surface area contributed by atoms with Gasteiger partial charge in [-0.05, 0) is 48.9 Å². The van der Waals surface area contributed by atoms with Gasteiger partial charge in [0, 0.05) is 55.3 Å². The monoisotopic (exact) mass is 569 g/mol. The first-order valence-corrected chi connectivity index (χ1v) is 14.9. The number of hydrogen-bond donors (Lipinski definition) is 1. The Bertz CT molecular complexity index is 1710. The number of H-pyrrole nitrogens is 1. The minimum atomic E-state index is -0.360. The van der Waals surface area contributed by atoms with Crippen LogP contribution in [0.25, 0.3) is 27.8 Å². The molecule has 5 aromatic rings. The van der Waals surface area contributed by atoms with Crippen LogP contribution in [0.15, 0.2) is 48.9 Å². The third kappa shape index (κ3) is 4.36. The highest BCUT2D eigenvalue weighted by molar-refractivity contribution is 6.35. The molecule has 2 aromatic carbocycles. The number of rotatable bonds is 6. The van der Waals surface area contributed by atoms with Gasteiger partial charge in [-0.3, -0.25) is 0 Å². The second-order valence-corrected chi connectivity index (χ2v) is 11.3. The summed E-state index contributed by atoms with van der Waals surface area (Å²) in [4.78, 5) is 17.2. The van der Waals surface area contributed by atoms with E-state index in [2.05, 4.69) is 46.8 Å². The summed E-state index contributed by atoms with van der Waals surface area (Å²) in [6.07, 6.45) is 10.5. The molecule has 1 fully saturated rings. The number of anilines is 2. The number of aromatic nitrogens is 5. The molecular weight excluding hydrogens is 537 g/mol. The molecule has 2 aliphatic heterocycles. The zero-order valence-electron chi connectivity index (χ0n) is 23.4. The molecule has 7 rings (SSSR count). The summed E-state index contributed by atoms with van der Waals surface area (Å²) in [5, 5.41) is 6.30. The van der Waals surface area contributed by atoms with E-state index in [9.17, 15) is 0 Å². The van der Waals surface area contributed by atoms with Crippen molar-refractivity contribution in [3.05, 3.63) is 82.1 Å². The van der Waals surface area contributed by atoms with Crippen molar-refractivity contribution in [3.63, 3.8) is 0 Å². The number of fused-ring (bicyclic) bond motifs is 2. The number of nitrogens with one attached hydrogen (secondary N) is 1. The van der Waals surface area contributed by atoms with Crippen molar-refractivity contribution in [1.82, 2.24) is 24.7 Å². The van der Waals surface area contributed by atoms with Crippen molar-refractivity contribution >= 4 is 34.1 Å². The highest BCUT2D eigenvalue weighted by Gasteiger charge is 2.31. The first-order chi connectivity index (χ1) is 20.1. The molecule has 2 aliphatic rings. The molecule has 3 aromatic heterocycles. The van der Waals surface area contributed by atoms with Gasteiger partial charge in [-0.1, -0.05) is 43.6 Å². The van der Waals surface area contributed by atoms with Gasteiger partial charge in [0.15, 0.2) is 0 Å². The van der Waals surface area contributed by atoms with Gasteiger partial charge in [-0.15, -0.1) is 0 Å². The number of halogens is 2. The molecular formula is C32H33ClFN7. The van der Waals surface area contributed by atoms with Crippen LogP contribution in [0, 0.1) is 5.82 Å². The highest BCUT2D eigenvalue weighted by atomic mass is 35.5. The quantitative estimate of drug-likeness (QED) is 0.241. The molecule has 0 aliphatic carbocycles. The maximum atomic E-state index is 16.1. The number of nitrogens with zero attached hydrogens (tertiary/aromatic N) is 6. The normalized spacial score (nSPS) is 15.2. The fraction of sp³-hybridized carbons (Fsp3) is 0.344. The van der Waals surface area contributed by atoms with E-state index in [4.69, 9.17) is 26.7 Å². The van der Waals surface area contributed by atoms with Gasteiger partial charge < -0.3 is 14.8 Å². The summed E-state index contributed by atoms with van der Waals surface area (Å²) in [6.45, 7) is 7.69. The van der Waals surface area contributed by atoms with Crippen LogP contribution in [0.2, 0.25) is 5.02 Å². The minimum absolute atomic E-state index is 0.360. The highest BCUT2D eigenvalue weighted by Crippen LogP contribution is 2.41. The van der Waals surface area contributed by atoms with E-state index >= 15 is 4.39 Å². The van der Waals surface area contributed by atoms with Gasteiger partial charge in [0.1, 0.15) is 5.82 Å². The van der Waals surface area contributed by atoms with Crippen molar-refractivity contribution in [3.8, 4) is 16.9 Å². The maximum absolute atomic E-state index is 16.1. The molecule has 0 radical (unpaired) electrons. The van der Waals surface area contributed by atoms with E-state index < -0.39 is 0 Å². The molecule has 0 atom stereocenters. The predicted molar refractivity (Wildman–Crippen MR) is 163 cm³/mol. The van der Waals surface area contributed by atoms with E-state index in [1.807, 2.05) is 29.3 Å². The molecule has 0 unspecified atom stereocenters. The van der Waals surface area contributed by atoms with Gasteiger partial charge in [0.2, 0.25) is 5.95 Å². The summed E-state index contributed by atoms with van der Waals surface area (Å²) in [5.41, 5.74) is 8.46. The van der Waals surface area contributed by atoms with Crippen molar-refractivity contribution in [1.29, 1.82) is 0 Å². The Morgan fingerprint density at radius 1 is 0.976 bits per heavy atom. The van der Waals surface area contributed by atoms with Crippen LogP contribution in [0.4, 0.5) is 16.0 Å². The van der Waals surface area contributed by atoms with E-state index in [-0.39, 0.29) is 5.82 Å². The van der Waals surface area contributed by atoms with Gasteiger partial charge in [0.05, 0.1) is 45.7 Å². The van der Waals surface area contributed by atoms with Crippen LogP contribution >= 0.6 is 11.6 Å². The zero-order chi connectivity index (χ0) is 28.1. The maximum Gasteiger partial charge on any atom is 0.225 e. The summed E-state index contributed by atoms with van der Waals surface area (Å²) in [6, 6.07) is 9.70. The Morgan fingerprint density at radius 2 is 1.71 bits per heavy atom. The van der Waals surface area contributed by atoms with Crippen molar-refractivity contribution in [2.45, 2.75) is 52.5 Å². The predicted octanol–water partition coefficient (Wildman–Crippen LogP) is 6.89. The van der Waals surface area contributed by atoms with Crippen molar-refractivity contribution in [2.75, 3.05) is 29.4 Å². The van der Waals surface area contributed by atoms with Crippen molar-refractivity contribution < 1.29 is 4.39 Å². The van der Waals surface area contributed by atoms with Gasteiger partial charge in [0.25, 0.3) is 0 Å². The zero-order valence-corrected chi connectivity index (χ0v) is 24.2. The molecule has 1 saturated heterocycles. The van der Waals surface area contributed by atoms with Crippen LogP contribution in [-0.4, -0.2) is 44.4 Å². The average Bonchev–Trinajstić information content (AvgIpc) is 3.78. The topological polar surface area (TPSA) is 65.9 Å². The minimum Gasteiger partial charge on any atom is -0.369 e. The number of aromatic amines is 1. The van der Waals surface area contributed by atoms with E-state index in [0.29, 0.717) is 29.5 Å². The van der Waals surface area contributed by atoms with Crippen LogP contribution in [0.1, 0.15) is 49.1 Å². The summed E-state index contributed by atoms with van der Waals surface area (Å²) < 4.78 is 18.1. The number of aryl methyl sites for hydroxylation is 2. The Kier molecular flexibility index (Phi) is 6.66. The molecule has 0 saturated carbocycles. The van der Waals surface area contributed by atoms with Crippen molar-refractivity contribution in [2.24, 2.45) is 0 Å². The molecule has 0 amide bonds. The number of benzene rings is 2. The summed E-state index contributed by atoms with van der Waals surface area (Å²) >= 11 is 6.47. The van der Waals surface area contributed by atoms with E-state index in [1.54, 1.807) is 0 Å². The number of para-hydroxylation sites is 1. The Labute approximate surface area is 244 Å². The molecule has 7 nitrogen and oxygen atoms in total. The lowest BCUT2D eigenvalue weighted by atomic mass is 9.97. The molecule has 210 valence electrons. The first kappa shape index (κ1) is 26.0. The standard InChI is InChI=1S/C32H33ClFN7/c1-3-20-8-7-9-21(4-2)30(20)41-31(28-23-10-12-35-29(23)25(33)16-26(28)34)24-19-40(15-11-27(24)38-41)32-36-17-22(18-37-32)39-13-5-6-14-39/h7-10,12,16-18,35H,3-6,11,13-15,19H2,1-2H3. The summed E-state index contributed by atoms with van der Waals surface area (Å²) in [7, 11) is 0. The second-order valence-electron chi connectivity index (χ2n) is 10.9. The van der Waals surface area contributed by atoms with E-state index in [0.717, 1.165) is 71.7 Å². The lowest BCUT2D eigenvalue weighted by Gasteiger charge is -2.27. The molecule has 9 heteroatoms. The number of hydrogen-bond acceptors (Lipinski definition) is 5. The van der Waals surface area contributed by atoms with Crippen LogP contribution in [0.3, 0.4) is 0 Å². The SMILES string of the molecule is CCc1cccc(CC)c1-n1nc2c(c1-c1c(F)cc(Cl)c3[nH]ccc13)CN(c1ncc(N3CCCC3)cn1)CC2. The van der Waals surface area contributed by atoms with Gasteiger partial charge >= 0.3 is 0 Å². The Morgan fingerprint density at radius 3 is 2.41 bits per heavy atom. The molecule has 1 N–H and O–H groups in total. The fourth-order valence-electron chi connectivity index (χ4n) is 6.47. The third-order valence-corrected chi connectivity index (χ3v) is 8.87. The third-order valence-electron chi connectivity index (χ3n) is 8.57. The molecule has 0 bridgehead atoms. The molecule has 41 heavy (non-hydrogen) atoms. The lowest BCUT2D eigenvalue weighted by Crippen LogP contribution is -2.32. The Hall–Kier alpha value is -3.91. The van der Waals surface area contributed by atoms with Gasteiger partial charge in [-0.2, -0.15) is 5.10 Å². The van der Waals surface area contributed by atoms with Crippen LogP contribution < -0.4 is 9.80 Å². The average molecular weight is 570 g/mol. The fourth-order valence-corrected chi connectivity index (χ4v) is 6.72. The largest absolute Gasteiger partial charge is 0.369 e. The van der Waals surface area contributed by atoms with Crippen LogP contribution in [-0.2, 0) is 25.8 Å². The molecule has 5 heterocycles.